The van der Waals surface area contributed by atoms with E-state index >= 15 is 4.39 Å². The molecule has 0 aromatic heterocycles. The summed E-state index contributed by atoms with van der Waals surface area (Å²) >= 11 is 0. The van der Waals surface area contributed by atoms with Gasteiger partial charge in [0.05, 0.1) is 18.7 Å². The second kappa shape index (κ2) is 19.0. The van der Waals surface area contributed by atoms with Gasteiger partial charge >= 0.3 is 0 Å². The molecule has 0 amide bonds. The molecule has 2 aromatic carbocycles. The first kappa shape index (κ1) is 33.2. The minimum atomic E-state index is -0.274. The van der Waals surface area contributed by atoms with Crippen LogP contribution in [0.2, 0.25) is 0 Å². The Morgan fingerprint density at radius 1 is 0.756 bits per heavy atom. The lowest BCUT2D eigenvalue weighted by Crippen LogP contribution is -2.13. The SMILES string of the molecule is CCCCCCCCCCc1ccc(-c2ccc(C3CCC(CCCCCCCC)CC3)cc2C#N)c(OC)c1F. The van der Waals surface area contributed by atoms with Crippen LogP contribution < -0.4 is 4.74 Å². The van der Waals surface area contributed by atoms with E-state index in [1.165, 1.54) is 122 Å². The van der Waals surface area contributed by atoms with Crippen LogP contribution in [0.25, 0.3) is 11.1 Å². The molecule has 0 bridgehead atoms. The Hall–Kier alpha value is -2.34. The summed E-state index contributed by atoms with van der Waals surface area (Å²) in [4.78, 5) is 0. The topological polar surface area (TPSA) is 33.0 Å². The highest BCUT2D eigenvalue weighted by atomic mass is 19.1. The van der Waals surface area contributed by atoms with Crippen LogP contribution in [0.15, 0.2) is 30.3 Å². The average molecular weight is 562 g/mol. The lowest BCUT2D eigenvalue weighted by molar-refractivity contribution is 0.302. The number of aryl methyl sites for hydroxylation is 1. The van der Waals surface area contributed by atoms with Gasteiger partial charge in [-0.05, 0) is 67.6 Å². The molecule has 1 aliphatic rings. The largest absolute Gasteiger partial charge is 0.493 e. The van der Waals surface area contributed by atoms with Crippen LogP contribution in [0.4, 0.5) is 4.39 Å². The van der Waals surface area contributed by atoms with E-state index in [1.54, 1.807) is 0 Å². The van der Waals surface area contributed by atoms with E-state index in [1.807, 2.05) is 18.2 Å². The van der Waals surface area contributed by atoms with Gasteiger partial charge in [0.25, 0.3) is 0 Å². The Balaban J connectivity index is 1.57. The Bertz CT molecular complexity index is 1060. The molecule has 0 saturated heterocycles. The zero-order valence-corrected chi connectivity index (χ0v) is 26.4. The quantitative estimate of drug-likeness (QED) is 0.160. The summed E-state index contributed by atoms with van der Waals surface area (Å²) in [6, 6.07) is 12.5. The van der Waals surface area contributed by atoms with Crippen LogP contribution in [0.3, 0.4) is 0 Å². The van der Waals surface area contributed by atoms with E-state index in [9.17, 15) is 5.26 Å². The molecule has 0 N–H and O–H groups in total. The number of rotatable bonds is 19. The molecule has 2 aromatic rings. The summed E-state index contributed by atoms with van der Waals surface area (Å²) in [6.45, 7) is 4.52. The maximum Gasteiger partial charge on any atom is 0.168 e. The van der Waals surface area contributed by atoms with Gasteiger partial charge in [-0.3, -0.25) is 0 Å². The molecule has 1 saturated carbocycles. The average Bonchev–Trinajstić information content (AvgIpc) is 3.00. The molecule has 0 spiro atoms. The van der Waals surface area contributed by atoms with Gasteiger partial charge in [0, 0.05) is 11.1 Å². The smallest absolute Gasteiger partial charge is 0.168 e. The van der Waals surface area contributed by atoms with Crippen molar-refractivity contribution in [3.05, 3.63) is 52.8 Å². The fraction of sp³-hybridized carbons (Fsp3) is 0.658. The summed E-state index contributed by atoms with van der Waals surface area (Å²) in [5.74, 6) is 1.37. The number of nitrogens with zero attached hydrogens (tertiary/aromatic N) is 1. The van der Waals surface area contributed by atoms with E-state index in [0.717, 1.165) is 30.7 Å². The molecule has 0 aliphatic heterocycles. The van der Waals surface area contributed by atoms with Gasteiger partial charge in [-0.1, -0.05) is 128 Å². The van der Waals surface area contributed by atoms with Crippen LogP contribution in [0.1, 0.15) is 158 Å². The molecular formula is C38H56FNO. The van der Waals surface area contributed by atoms with Crippen molar-refractivity contribution in [1.82, 2.24) is 0 Å². The predicted octanol–water partition coefficient (Wildman–Crippen LogP) is 12.1. The number of nitriles is 1. The summed E-state index contributed by atoms with van der Waals surface area (Å²) in [6.07, 6.45) is 25.2. The van der Waals surface area contributed by atoms with Crippen molar-refractivity contribution in [2.75, 3.05) is 7.11 Å². The van der Waals surface area contributed by atoms with Gasteiger partial charge in [-0.2, -0.15) is 5.26 Å². The maximum atomic E-state index is 15.5. The summed E-state index contributed by atoms with van der Waals surface area (Å²) in [5.41, 5.74) is 4.03. The fourth-order valence-electron chi connectivity index (χ4n) is 6.79. The Morgan fingerprint density at radius 3 is 1.95 bits per heavy atom. The van der Waals surface area contributed by atoms with Gasteiger partial charge < -0.3 is 4.74 Å². The number of hydrogen-bond acceptors (Lipinski definition) is 2. The molecule has 0 atom stereocenters. The first-order valence-corrected chi connectivity index (χ1v) is 17.0. The zero-order valence-electron chi connectivity index (χ0n) is 26.4. The molecule has 0 radical (unpaired) electrons. The minimum Gasteiger partial charge on any atom is -0.493 e. The highest BCUT2D eigenvalue weighted by Crippen LogP contribution is 2.41. The lowest BCUT2D eigenvalue weighted by atomic mass is 9.76. The number of methoxy groups -OCH3 is 1. The molecule has 1 aliphatic carbocycles. The maximum absolute atomic E-state index is 15.5. The van der Waals surface area contributed by atoms with E-state index in [-0.39, 0.29) is 11.6 Å². The molecule has 1 fully saturated rings. The Kier molecular flexibility index (Phi) is 15.3. The van der Waals surface area contributed by atoms with E-state index in [0.29, 0.717) is 22.6 Å². The monoisotopic (exact) mass is 561 g/mol. The number of unbranched alkanes of at least 4 members (excludes halogenated alkanes) is 12. The fourth-order valence-corrected chi connectivity index (χ4v) is 6.79. The molecule has 0 heterocycles. The zero-order chi connectivity index (χ0) is 29.3. The van der Waals surface area contributed by atoms with Crippen LogP contribution >= 0.6 is 0 Å². The highest BCUT2D eigenvalue weighted by molar-refractivity contribution is 5.77. The van der Waals surface area contributed by atoms with Crippen molar-refractivity contribution in [3.63, 3.8) is 0 Å². The second-order valence-corrected chi connectivity index (χ2v) is 12.5. The number of hydrogen-bond donors (Lipinski definition) is 0. The van der Waals surface area contributed by atoms with Crippen molar-refractivity contribution >= 4 is 0 Å². The molecule has 0 unspecified atom stereocenters. The molecule has 2 nitrogen and oxygen atoms in total. The number of halogens is 1. The van der Waals surface area contributed by atoms with Crippen LogP contribution in [0, 0.1) is 23.1 Å². The minimum absolute atomic E-state index is 0.265. The third-order valence-electron chi connectivity index (χ3n) is 9.42. The normalized spacial score (nSPS) is 17.0. The van der Waals surface area contributed by atoms with Crippen LogP contribution in [-0.4, -0.2) is 7.11 Å². The van der Waals surface area contributed by atoms with Crippen molar-refractivity contribution in [1.29, 1.82) is 5.26 Å². The summed E-state index contributed by atoms with van der Waals surface area (Å²) in [7, 11) is 1.53. The molecule has 226 valence electrons. The van der Waals surface area contributed by atoms with Gasteiger partial charge in [-0.25, -0.2) is 4.39 Å². The third-order valence-corrected chi connectivity index (χ3v) is 9.42. The van der Waals surface area contributed by atoms with E-state index < -0.39 is 0 Å². The number of benzene rings is 2. The second-order valence-electron chi connectivity index (χ2n) is 12.5. The van der Waals surface area contributed by atoms with Gasteiger partial charge in [0.2, 0.25) is 0 Å². The summed E-state index contributed by atoms with van der Waals surface area (Å²) < 4.78 is 21.1. The molecule has 3 rings (SSSR count). The molecule has 41 heavy (non-hydrogen) atoms. The van der Waals surface area contributed by atoms with Crippen molar-refractivity contribution in [2.24, 2.45) is 5.92 Å². The first-order chi connectivity index (χ1) is 20.1. The highest BCUT2D eigenvalue weighted by Gasteiger charge is 2.24. The Labute approximate surface area is 251 Å². The third kappa shape index (κ3) is 10.5. The first-order valence-electron chi connectivity index (χ1n) is 17.0. The van der Waals surface area contributed by atoms with Crippen molar-refractivity contribution < 1.29 is 9.13 Å². The van der Waals surface area contributed by atoms with Gasteiger partial charge in [-0.15, -0.1) is 0 Å². The molecular weight excluding hydrogens is 505 g/mol. The van der Waals surface area contributed by atoms with Crippen molar-refractivity contribution in [2.45, 2.75) is 148 Å². The van der Waals surface area contributed by atoms with Gasteiger partial charge in [0.15, 0.2) is 11.6 Å². The molecule has 3 heteroatoms. The number of ether oxygens (including phenoxy) is 1. The predicted molar refractivity (Wildman–Crippen MR) is 172 cm³/mol. The summed E-state index contributed by atoms with van der Waals surface area (Å²) in [5, 5.41) is 10.1. The standard InChI is InChI=1S/C38H56FNO/c1-4-6-8-10-12-13-15-17-19-32-24-27-36(38(41-3)37(32)39)35-26-25-33(28-34(35)29-40)31-22-20-30(21-23-31)18-16-14-11-9-7-5-2/h24-28,30-31H,4-23H2,1-3H3. The Morgan fingerprint density at radius 2 is 1.34 bits per heavy atom. The van der Waals surface area contributed by atoms with Crippen molar-refractivity contribution in [3.8, 4) is 22.9 Å². The van der Waals surface area contributed by atoms with Crippen LogP contribution in [-0.2, 0) is 6.42 Å². The lowest BCUT2D eigenvalue weighted by Gasteiger charge is -2.29. The van der Waals surface area contributed by atoms with Gasteiger partial charge in [0.1, 0.15) is 0 Å². The van der Waals surface area contributed by atoms with E-state index in [4.69, 9.17) is 4.74 Å². The van der Waals surface area contributed by atoms with Crippen LogP contribution in [0.5, 0.6) is 5.75 Å². The van der Waals surface area contributed by atoms with E-state index in [2.05, 4.69) is 32.0 Å².